The number of allylic oxidation sites excluding steroid dienone is 14. The summed E-state index contributed by atoms with van der Waals surface area (Å²) in [7, 11) is 0. The summed E-state index contributed by atoms with van der Waals surface area (Å²) in [6, 6.07) is 0. The van der Waals surface area contributed by atoms with Gasteiger partial charge < -0.3 is 0 Å². The van der Waals surface area contributed by atoms with E-state index in [1.54, 1.807) is 0 Å². The van der Waals surface area contributed by atoms with Crippen LogP contribution in [-0.4, -0.2) is 0 Å². The van der Waals surface area contributed by atoms with E-state index in [1.165, 1.54) is 11.1 Å². The minimum atomic E-state index is 1.05. The highest BCUT2D eigenvalue weighted by Crippen LogP contribution is 2.21. The molecule has 0 aromatic rings. The Hall–Kier alpha value is -1.82. The highest BCUT2D eigenvalue weighted by Gasteiger charge is 2.01. The van der Waals surface area contributed by atoms with Crippen molar-refractivity contribution in [2.45, 2.75) is 6.42 Å². The van der Waals surface area contributed by atoms with Crippen LogP contribution in [-0.2, 0) is 0 Å². The van der Waals surface area contributed by atoms with Crippen LogP contribution in [0.1, 0.15) is 6.42 Å². The van der Waals surface area contributed by atoms with Crippen molar-refractivity contribution in [3.8, 4) is 0 Å². The fourth-order valence-corrected chi connectivity index (χ4v) is 1.58. The van der Waals surface area contributed by atoms with Gasteiger partial charge in [-0.05, 0) is 17.6 Å². The van der Waals surface area contributed by atoms with Crippen LogP contribution in [0, 0.1) is 0 Å². The predicted molar refractivity (Wildman–Crippen MR) is 66.5 cm³/mol. The zero-order valence-corrected chi connectivity index (χ0v) is 8.64. The van der Waals surface area contributed by atoms with Crippen LogP contribution in [0.3, 0.4) is 0 Å². The normalized spacial score (nSPS) is 19.2. The lowest BCUT2D eigenvalue weighted by atomic mass is 10.1. The van der Waals surface area contributed by atoms with Gasteiger partial charge in [-0.15, -0.1) is 0 Å². The molecule has 0 aromatic carbocycles. The topological polar surface area (TPSA) is 0 Å². The molecule has 0 saturated carbocycles. The van der Waals surface area contributed by atoms with Gasteiger partial charge in [-0.2, -0.15) is 0 Å². The highest BCUT2D eigenvalue weighted by atomic mass is 14.1. The van der Waals surface area contributed by atoms with Gasteiger partial charge in [0.05, 0.1) is 0 Å². The van der Waals surface area contributed by atoms with E-state index in [4.69, 9.17) is 0 Å². The molecule has 0 saturated heterocycles. The van der Waals surface area contributed by atoms with Crippen LogP contribution in [0.4, 0.5) is 0 Å². The summed E-state index contributed by atoms with van der Waals surface area (Å²) >= 11 is 0. The minimum absolute atomic E-state index is 1.05. The van der Waals surface area contributed by atoms with Crippen LogP contribution < -0.4 is 0 Å². The summed E-state index contributed by atoms with van der Waals surface area (Å²) in [6.45, 7) is 0. The lowest BCUT2D eigenvalue weighted by Gasteiger charge is -1.95. The smallest absolute Gasteiger partial charge is 0.00882 e. The summed E-state index contributed by atoms with van der Waals surface area (Å²) in [5.74, 6) is 0. The van der Waals surface area contributed by atoms with Crippen molar-refractivity contribution < 1.29 is 0 Å². The molecule has 0 unspecified atom stereocenters. The maximum Gasteiger partial charge on any atom is -0.00882 e. The van der Waals surface area contributed by atoms with Gasteiger partial charge in [0.1, 0.15) is 0 Å². The van der Waals surface area contributed by atoms with E-state index >= 15 is 0 Å². The minimum Gasteiger partial charge on any atom is -0.0795 e. The first-order chi connectivity index (χ1) is 7.47. The lowest BCUT2D eigenvalue weighted by Crippen LogP contribution is -1.76. The molecule has 2 rings (SSSR count). The molecule has 0 aromatic heterocycles. The molecular weight excluding hydrogens is 180 g/mol. The second-order valence-electron chi connectivity index (χ2n) is 3.46. The first-order valence-electron chi connectivity index (χ1n) is 5.21. The van der Waals surface area contributed by atoms with Crippen LogP contribution >= 0.6 is 0 Å². The molecule has 0 radical (unpaired) electrons. The summed E-state index contributed by atoms with van der Waals surface area (Å²) in [4.78, 5) is 0. The zero-order chi connectivity index (χ0) is 10.3. The van der Waals surface area contributed by atoms with Gasteiger partial charge in [0.2, 0.25) is 0 Å². The van der Waals surface area contributed by atoms with Crippen LogP contribution in [0.25, 0.3) is 0 Å². The monoisotopic (exact) mass is 194 g/mol. The molecule has 74 valence electrons. The van der Waals surface area contributed by atoms with Crippen LogP contribution in [0.2, 0.25) is 0 Å². The van der Waals surface area contributed by atoms with Gasteiger partial charge in [0.25, 0.3) is 0 Å². The molecule has 0 atom stereocenters. The molecule has 0 aliphatic heterocycles. The Balaban J connectivity index is 2.28. The summed E-state index contributed by atoms with van der Waals surface area (Å²) in [6.07, 6.45) is 26.1. The maximum atomic E-state index is 2.20. The zero-order valence-electron chi connectivity index (χ0n) is 8.64. The molecule has 0 N–H and O–H groups in total. The fraction of sp³-hybridized carbons (Fsp3) is 0.0667. The van der Waals surface area contributed by atoms with Crippen molar-refractivity contribution in [1.29, 1.82) is 0 Å². The molecule has 0 heterocycles. The first-order valence-corrected chi connectivity index (χ1v) is 5.21. The highest BCUT2D eigenvalue weighted by molar-refractivity contribution is 5.47. The van der Waals surface area contributed by atoms with Gasteiger partial charge >= 0.3 is 0 Å². The predicted octanol–water partition coefficient (Wildman–Crippen LogP) is 4.04. The van der Waals surface area contributed by atoms with Crippen molar-refractivity contribution in [3.05, 3.63) is 84.1 Å². The largest absolute Gasteiger partial charge is 0.0795 e. The van der Waals surface area contributed by atoms with Gasteiger partial charge in [0, 0.05) is 0 Å². The lowest BCUT2D eigenvalue weighted by molar-refractivity contribution is 1.32. The first kappa shape index (κ1) is 9.72. The van der Waals surface area contributed by atoms with Crippen molar-refractivity contribution in [2.24, 2.45) is 0 Å². The number of hydrogen-bond donors (Lipinski definition) is 0. The Kier molecular flexibility index (Phi) is 3.34. The summed E-state index contributed by atoms with van der Waals surface area (Å²) in [5.41, 5.74) is 2.70. The molecule has 0 spiro atoms. The Morgan fingerprint density at radius 3 is 1.93 bits per heavy atom. The summed E-state index contributed by atoms with van der Waals surface area (Å²) in [5, 5.41) is 0. The number of hydrogen-bond acceptors (Lipinski definition) is 0. The summed E-state index contributed by atoms with van der Waals surface area (Å²) < 4.78 is 0. The van der Waals surface area contributed by atoms with Crippen LogP contribution in [0.15, 0.2) is 84.1 Å². The third kappa shape index (κ3) is 2.81. The van der Waals surface area contributed by atoms with E-state index in [9.17, 15) is 0 Å². The standard InChI is InChI=1S/C15H14/c1-2-4-6-8-11-15-13-9-12-14(15)10-7-5-3-1/h1-12H,13H2. The molecule has 0 nitrogen and oxygen atoms in total. The molecule has 2 aliphatic rings. The van der Waals surface area contributed by atoms with Crippen molar-refractivity contribution in [2.75, 3.05) is 0 Å². The van der Waals surface area contributed by atoms with E-state index in [1.807, 2.05) is 30.4 Å². The van der Waals surface area contributed by atoms with E-state index < -0.39 is 0 Å². The van der Waals surface area contributed by atoms with Crippen molar-refractivity contribution in [1.82, 2.24) is 0 Å². The molecular formula is C15H14. The van der Waals surface area contributed by atoms with E-state index in [2.05, 4.69) is 42.5 Å². The molecule has 15 heavy (non-hydrogen) atoms. The number of rotatable bonds is 0. The average molecular weight is 194 g/mol. The second kappa shape index (κ2) is 5.16. The van der Waals surface area contributed by atoms with Crippen molar-refractivity contribution in [3.63, 3.8) is 0 Å². The van der Waals surface area contributed by atoms with Gasteiger partial charge in [-0.3, -0.25) is 0 Å². The maximum absolute atomic E-state index is 2.20. The SMILES string of the molecule is C1=CC=CC=CC2=C(C=CC=C1)C=CC2. The average Bonchev–Trinajstić information content (AvgIpc) is 2.65. The van der Waals surface area contributed by atoms with Gasteiger partial charge in [0.15, 0.2) is 0 Å². The fourth-order valence-electron chi connectivity index (χ4n) is 1.58. The Labute approximate surface area is 91.0 Å². The molecule has 0 heteroatoms. The molecule has 0 bridgehead atoms. The van der Waals surface area contributed by atoms with Crippen LogP contribution in [0.5, 0.6) is 0 Å². The molecule has 2 aliphatic carbocycles. The van der Waals surface area contributed by atoms with Crippen molar-refractivity contribution >= 4 is 0 Å². The third-order valence-electron chi connectivity index (χ3n) is 2.36. The Morgan fingerprint density at radius 2 is 1.20 bits per heavy atom. The molecule has 0 fully saturated rings. The van der Waals surface area contributed by atoms with Gasteiger partial charge in [-0.25, -0.2) is 0 Å². The third-order valence-corrected chi connectivity index (χ3v) is 2.36. The van der Waals surface area contributed by atoms with Gasteiger partial charge in [-0.1, -0.05) is 72.9 Å². The quantitative estimate of drug-likeness (QED) is 0.546. The van der Waals surface area contributed by atoms with E-state index in [0.29, 0.717) is 0 Å². The van der Waals surface area contributed by atoms with E-state index in [0.717, 1.165) is 6.42 Å². The second-order valence-corrected chi connectivity index (χ2v) is 3.46. The Bertz CT molecular complexity index is 421. The Morgan fingerprint density at radius 1 is 0.600 bits per heavy atom. The molecule has 0 amide bonds. The van der Waals surface area contributed by atoms with E-state index in [-0.39, 0.29) is 0 Å².